The van der Waals surface area contributed by atoms with Crippen molar-refractivity contribution >= 4 is 11.6 Å². The molecule has 1 aromatic carbocycles. The van der Waals surface area contributed by atoms with Crippen LogP contribution < -0.4 is 4.90 Å². The third-order valence-corrected chi connectivity index (χ3v) is 5.06. The molecule has 0 bridgehead atoms. The van der Waals surface area contributed by atoms with Crippen molar-refractivity contribution in [2.45, 2.75) is 37.7 Å². The van der Waals surface area contributed by atoms with Gasteiger partial charge in [0.15, 0.2) is 0 Å². The van der Waals surface area contributed by atoms with Crippen molar-refractivity contribution < 1.29 is 14.3 Å². The molecule has 2 aliphatic rings. The van der Waals surface area contributed by atoms with Crippen molar-refractivity contribution in [3.05, 3.63) is 29.6 Å². The standard InChI is InChI=1S/C18H22FN3O2/c19-15-11-14(13-20)3-4-16(15)21-7-9-22(10-8-21)17(23)12-18(24)5-1-2-6-18/h3-4,11,24H,1-2,5-10,12H2. The third kappa shape index (κ3) is 3.51. The highest BCUT2D eigenvalue weighted by Crippen LogP contribution is 2.33. The first kappa shape index (κ1) is 16.7. The van der Waals surface area contributed by atoms with Gasteiger partial charge in [-0.25, -0.2) is 4.39 Å². The summed E-state index contributed by atoms with van der Waals surface area (Å²) in [6.07, 6.45) is 3.56. The maximum absolute atomic E-state index is 14.1. The Bertz CT molecular complexity index is 657. The maximum Gasteiger partial charge on any atom is 0.225 e. The van der Waals surface area contributed by atoms with Gasteiger partial charge in [0, 0.05) is 26.2 Å². The van der Waals surface area contributed by atoms with E-state index in [1.807, 2.05) is 11.0 Å². The summed E-state index contributed by atoms with van der Waals surface area (Å²) in [5.74, 6) is -0.423. The van der Waals surface area contributed by atoms with Crippen LogP contribution in [0.2, 0.25) is 0 Å². The number of amides is 1. The number of hydrogen-bond acceptors (Lipinski definition) is 4. The Morgan fingerprint density at radius 3 is 2.50 bits per heavy atom. The second-order valence-corrected chi connectivity index (χ2v) is 6.75. The number of benzene rings is 1. The number of nitrogens with zero attached hydrogens (tertiary/aromatic N) is 3. The molecule has 6 heteroatoms. The maximum atomic E-state index is 14.1. The summed E-state index contributed by atoms with van der Waals surface area (Å²) in [6, 6.07) is 6.38. The Morgan fingerprint density at radius 2 is 1.92 bits per heavy atom. The molecule has 1 amide bonds. The van der Waals surface area contributed by atoms with Gasteiger partial charge < -0.3 is 14.9 Å². The molecule has 128 valence electrons. The van der Waals surface area contributed by atoms with Crippen LogP contribution in [0.5, 0.6) is 0 Å². The highest BCUT2D eigenvalue weighted by Gasteiger charge is 2.35. The second kappa shape index (κ2) is 6.78. The number of piperazine rings is 1. The number of nitriles is 1. The fourth-order valence-corrected chi connectivity index (χ4v) is 3.63. The van der Waals surface area contributed by atoms with Crippen molar-refractivity contribution in [1.82, 2.24) is 4.90 Å². The summed E-state index contributed by atoms with van der Waals surface area (Å²) in [4.78, 5) is 16.0. The van der Waals surface area contributed by atoms with Crippen LogP contribution in [-0.4, -0.2) is 47.7 Å². The van der Waals surface area contributed by atoms with E-state index in [-0.39, 0.29) is 12.3 Å². The van der Waals surface area contributed by atoms with Crippen molar-refractivity contribution in [3.63, 3.8) is 0 Å². The van der Waals surface area contributed by atoms with Crippen LogP contribution in [0.4, 0.5) is 10.1 Å². The molecule has 1 aromatic rings. The van der Waals surface area contributed by atoms with Gasteiger partial charge in [0.25, 0.3) is 0 Å². The van der Waals surface area contributed by atoms with Gasteiger partial charge in [-0.05, 0) is 31.0 Å². The quantitative estimate of drug-likeness (QED) is 0.920. The van der Waals surface area contributed by atoms with Crippen molar-refractivity contribution in [3.8, 4) is 6.07 Å². The average Bonchev–Trinajstić information content (AvgIpc) is 3.01. The van der Waals surface area contributed by atoms with Gasteiger partial charge in [0.1, 0.15) is 5.82 Å². The average molecular weight is 331 g/mol. The molecule has 1 saturated carbocycles. The van der Waals surface area contributed by atoms with Crippen LogP contribution in [0.25, 0.3) is 0 Å². The fraction of sp³-hybridized carbons (Fsp3) is 0.556. The van der Waals surface area contributed by atoms with Gasteiger partial charge in [-0.2, -0.15) is 5.26 Å². The molecule has 1 saturated heterocycles. The molecule has 1 aliphatic carbocycles. The normalized spacial score (nSPS) is 20.0. The first-order chi connectivity index (χ1) is 11.5. The van der Waals surface area contributed by atoms with Crippen LogP contribution in [0.3, 0.4) is 0 Å². The lowest BCUT2D eigenvalue weighted by Crippen LogP contribution is -2.50. The predicted octanol–water partition coefficient (Wildman–Crippen LogP) is 2.04. The van der Waals surface area contributed by atoms with E-state index in [1.54, 1.807) is 17.0 Å². The minimum atomic E-state index is -0.826. The van der Waals surface area contributed by atoms with E-state index in [0.29, 0.717) is 50.3 Å². The number of halogens is 1. The van der Waals surface area contributed by atoms with Crippen LogP contribution in [0.15, 0.2) is 18.2 Å². The summed E-state index contributed by atoms with van der Waals surface area (Å²) in [7, 11) is 0. The summed E-state index contributed by atoms with van der Waals surface area (Å²) in [5.41, 5.74) is -0.0571. The Morgan fingerprint density at radius 1 is 1.25 bits per heavy atom. The van der Waals surface area contributed by atoms with Crippen LogP contribution >= 0.6 is 0 Å². The van der Waals surface area contributed by atoms with Crippen molar-refractivity contribution in [2.75, 3.05) is 31.1 Å². The summed E-state index contributed by atoms with van der Waals surface area (Å²) in [5, 5.41) is 19.2. The predicted molar refractivity (Wildman–Crippen MR) is 87.9 cm³/mol. The van der Waals surface area contributed by atoms with Gasteiger partial charge >= 0.3 is 0 Å². The number of anilines is 1. The molecule has 1 heterocycles. The van der Waals surface area contributed by atoms with E-state index in [2.05, 4.69) is 0 Å². The molecular weight excluding hydrogens is 309 g/mol. The minimum Gasteiger partial charge on any atom is -0.389 e. The molecule has 1 N–H and O–H groups in total. The lowest BCUT2D eigenvalue weighted by atomic mass is 9.97. The lowest BCUT2D eigenvalue weighted by molar-refractivity contribution is -0.136. The highest BCUT2D eigenvalue weighted by atomic mass is 19.1. The van der Waals surface area contributed by atoms with E-state index >= 15 is 0 Å². The Labute approximate surface area is 141 Å². The van der Waals surface area contributed by atoms with E-state index in [4.69, 9.17) is 5.26 Å². The first-order valence-electron chi connectivity index (χ1n) is 8.45. The van der Waals surface area contributed by atoms with Gasteiger partial charge in [0.2, 0.25) is 5.91 Å². The Kier molecular flexibility index (Phi) is 4.72. The largest absolute Gasteiger partial charge is 0.389 e. The Balaban J connectivity index is 1.57. The van der Waals surface area contributed by atoms with Gasteiger partial charge in [-0.3, -0.25) is 4.79 Å². The Hall–Kier alpha value is -2.13. The zero-order chi connectivity index (χ0) is 17.2. The van der Waals surface area contributed by atoms with E-state index in [9.17, 15) is 14.3 Å². The van der Waals surface area contributed by atoms with Crippen molar-refractivity contribution in [1.29, 1.82) is 5.26 Å². The summed E-state index contributed by atoms with van der Waals surface area (Å²) >= 11 is 0. The molecule has 5 nitrogen and oxygen atoms in total. The highest BCUT2D eigenvalue weighted by molar-refractivity contribution is 5.77. The third-order valence-electron chi connectivity index (χ3n) is 5.06. The topological polar surface area (TPSA) is 67.6 Å². The zero-order valence-corrected chi connectivity index (χ0v) is 13.7. The molecule has 0 aromatic heterocycles. The van der Waals surface area contributed by atoms with Crippen molar-refractivity contribution in [2.24, 2.45) is 0 Å². The summed E-state index contributed by atoms with van der Waals surface area (Å²) in [6.45, 7) is 2.14. The smallest absolute Gasteiger partial charge is 0.225 e. The van der Waals surface area contributed by atoms with Crippen LogP contribution in [-0.2, 0) is 4.79 Å². The van der Waals surface area contributed by atoms with Gasteiger partial charge in [-0.1, -0.05) is 12.8 Å². The zero-order valence-electron chi connectivity index (χ0n) is 13.7. The molecule has 0 spiro atoms. The second-order valence-electron chi connectivity index (χ2n) is 6.75. The lowest BCUT2D eigenvalue weighted by Gasteiger charge is -2.37. The van der Waals surface area contributed by atoms with Crippen LogP contribution in [0, 0.1) is 17.1 Å². The number of carbonyl (C=O) groups is 1. The minimum absolute atomic E-state index is 0.0145. The molecule has 0 atom stereocenters. The molecule has 24 heavy (non-hydrogen) atoms. The molecular formula is C18H22FN3O2. The number of hydrogen-bond donors (Lipinski definition) is 1. The molecule has 3 rings (SSSR count). The summed E-state index contributed by atoms with van der Waals surface area (Å²) < 4.78 is 14.1. The molecule has 2 fully saturated rings. The van der Waals surface area contributed by atoms with Gasteiger partial charge in [-0.15, -0.1) is 0 Å². The SMILES string of the molecule is N#Cc1ccc(N2CCN(C(=O)CC3(O)CCCC3)CC2)c(F)c1. The first-order valence-corrected chi connectivity index (χ1v) is 8.45. The number of rotatable bonds is 3. The molecule has 0 radical (unpaired) electrons. The number of carbonyl (C=O) groups excluding carboxylic acids is 1. The van der Waals surface area contributed by atoms with Crippen LogP contribution in [0.1, 0.15) is 37.7 Å². The molecule has 0 unspecified atom stereocenters. The van der Waals surface area contributed by atoms with E-state index in [0.717, 1.165) is 12.8 Å². The monoisotopic (exact) mass is 331 g/mol. The number of aliphatic hydroxyl groups is 1. The fourth-order valence-electron chi connectivity index (χ4n) is 3.63. The van der Waals surface area contributed by atoms with Gasteiger partial charge in [0.05, 0.1) is 29.3 Å². The molecule has 1 aliphatic heterocycles. The van der Waals surface area contributed by atoms with E-state index < -0.39 is 11.4 Å². The van der Waals surface area contributed by atoms with E-state index in [1.165, 1.54) is 6.07 Å².